The Hall–Kier alpha value is -1.70. The van der Waals surface area contributed by atoms with Crippen LogP contribution in [0.15, 0.2) is 42.5 Å². The van der Waals surface area contributed by atoms with E-state index in [0.717, 1.165) is 18.1 Å². The van der Waals surface area contributed by atoms with Gasteiger partial charge in [-0.15, -0.1) is 0 Å². The molecular formula is C19H22F2. The Morgan fingerprint density at radius 2 is 1.52 bits per heavy atom. The molecule has 2 aromatic rings. The van der Waals surface area contributed by atoms with Gasteiger partial charge in [0, 0.05) is 5.56 Å². The second-order valence-corrected chi connectivity index (χ2v) is 5.46. The molecule has 0 unspecified atom stereocenters. The molecule has 0 aromatic heterocycles. The van der Waals surface area contributed by atoms with E-state index >= 15 is 0 Å². The molecule has 0 N–H and O–H groups in total. The Morgan fingerprint density at radius 3 is 2.24 bits per heavy atom. The van der Waals surface area contributed by atoms with E-state index in [1.165, 1.54) is 43.7 Å². The first-order valence-electron chi connectivity index (χ1n) is 7.75. The number of halogens is 2. The van der Waals surface area contributed by atoms with E-state index in [-0.39, 0.29) is 0 Å². The van der Waals surface area contributed by atoms with Crippen LogP contribution in [0.4, 0.5) is 8.78 Å². The molecular weight excluding hydrogens is 266 g/mol. The number of aryl methyl sites for hydroxylation is 1. The van der Waals surface area contributed by atoms with Crippen molar-refractivity contribution < 1.29 is 8.78 Å². The van der Waals surface area contributed by atoms with Gasteiger partial charge in [-0.05, 0) is 30.0 Å². The molecule has 2 rings (SSSR count). The van der Waals surface area contributed by atoms with Crippen LogP contribution in [0.2, 0.25) is 0 Å². The standard InChI is InChI=1S/C19H22F2/c1-2-3-4-5-6-8-15-11-13-16(14-12-15)17-9-7-10-18(20)19(17)21/h7,9-14H,2-6,8H2,1H3. The van der Waals surface area contributed by atoms with Crippen LogP contribution in [0.5, 0.6) is 0 Å². The van der Waals surface area contributed by atoms with E-state index < -0.39 is 11.6 Å². The molecule has 0 atom stereocenters. The third-order valence-corrected chi connectivity index (χ3v) is 3.79. The Kier molecular flexibility index (Phi) is 5.91. The molecule has 112 valence electrons. The number of unbranched alkanes of at least 4 members (excludes halogenated alkanes) is 4. The van der Waals surface area contributed by atoms with Gasteiger partial charge >= 0.3 is 0 Å². The molecule has 0 aliphatic heterocycles. The highest BCUT2D eigenvalue weighted by atomic mass is 19.2. The fraction of sp³-hybridized carbons (Fsp3) is 0.368. The van der Waals surface area contributed by atoms with Gasteiger partial charge in [0.15, 0.2) is 11.6 Å². The van der Waals surface area contributed by atoms with E-state index in [9.17, 15) is 8.78 Å². The summed E-state index contributed by atoms with van der Waals surface area (Å²) in [6.07, 6.45) is 7.35. The van der Waals surface area contributed by atoms with Crippen LogP contribution in [-0.2, 0) is 6.42 Å². The van der Waals surface area contributed by atoms with Crippen molar-refractivity contribution in [2.75, 3.05) is 0 Å². The molecule has 0 saturated carbocycles. The third-order valence-electron chi connectivity index (χ3n) is 3.79. The summed E-state index contributed by atoms with van der Waals surface area (Å²) in [6, 6.07) is 12.1. The topological polar surface area (TPSA) is 0 Å². The molecule has 0 aliphatic carbocycles. The van der Waals surface area contributed by atoms with Crippen LogP contribution >= 0.6 is 0 Å². The Balaban J connectivity index is 1.97. The third kappa shape index (κ3) is 4.38. The maximum Gasteiger partial charge on any atom is 0.166 e. The monoisotopic (exact) mass is 288 g/mol. The fourth-order valence-electron chi connectivity index (χ4n) is 2.51. The van der Waals surface area contributed by atoms with Crippen LogP contribution in [0, 0.1) is 11.6 Å². The Bertz CT molecular complexity index is 558. The number of rotatable bonds is 7. The number of hydrogen-bond acceptors (Lipinski definition) is 0. The van der Waals surface area contributed by atoms with E-state index in [2.05, 4.69) is 6.92 Å². The summed E-state index contributed by atoms with van der Waals surface area (Å²) in [7, 11) is 0. The van der Waals surface area contributed by atoms with Gasteiger partial charge in [-0.3, -0.25) is 0 Å². The summed E-state index contributed by atoms with van der Waals surface area (Å²) in [4.78, 5) is 0. The summed E-state index contributed by atoms with van der Waals surface area (Å²) in [5.74, 6) is -1.57. The zero-order valence-corrected chi connectivity index (χ0v) is 12.5. The minimum absolute atomic E-state index is 0.324. The molecule has 0 radical (unpaired) electrons. The molecule has 0 nitrogen and oxygen atoms in total. The molecule has 0 saturated heterocycles. The van der Waals surface area contributed by atoms with Crippen molar-refractivity contribution in [1.29, 1.82) is 0 Å². The molecule has 0 heterocycles. The Labute approximate surface area is 125 Å². The molecule has 21 heavy (non-hydrogen) atoms. The van der Waals surface area contributed by atoms with Gasteiger partial charge in [-0.1, -0.05) is 69.0 Å². The second-order valence-electron chi connectivity index (χ2n) is 5.46. The van der Waals surface area contributed by atoms with Crippen molar-refractivity contribution in [3.8, 4) is 11.1 Å². The van der Waals surface area contributed by atoms with Crippen LogP contribution in [0.25, 0.3) is 11.1 Å². The molecule has 0 fully saturated rings. The van der Waals surface area contributed by atoms with Crippen molar-refractivity contribution in [3.05, 3.63) is 59.7 Å². The average Bonchev–Trinajstić information content (AvgIpc) is 2.51. The van der Waals surface area contributed by atoms with Crippen molar-refractivity contribution in [2.45, 2.75) is 45.4 Å². The highest BCUT2D eigenvalue weighted by Gasteiger charge is 2.09. The van der Waals surface area contributed by atoms with E-state index in [0.29, 0.717) is 5.56 Å². The second kappa shape index (κ2) is 7.92. The van der Waals surface area contributed by atoms with Crippen molar-refractivity contribution in [3.63, 3.8) is 0 Å². The number of hydrogen-bond donors (Lipinski definition) is 0. The minimum atomic E-state index is -0.799. The number of benzene rings is 2. The zero-order valence-electron chi connectivity index (χ0n) is 12.5. The first-order valence-corrected chi connectivity index (χ1v) is 7.75. The van der Waals surface area contributed by atoms with Crippen LogP contribution in [0.1, 0.15) is 44.6 Å². The lowest BCUT2D eigenvalue weighted by Gasteiger charge is -2.06. The van der Waals surface area contributed by atoms with Gasteiger partial charge in [0.2, 0.25) is 0 Å². The smallest absolute Gasteiger partial charge is 0.166 e. The highest BCUT2D eigenvalue weighted by molar-refractivity contribution is 5.64. The molecule has 2 heteroatoms. The first-order chi connectivity index (χ1) is 10.2. The lowest BCUT2D eigenvalue weighted by Crippen LogP contribution is -1.90. The van der Waals surface area contributed by atoms with Gasteiger partial charge in [0.05, 0.1) is 0 Å². The van der Waals surface area contributed by atoms with Crippen molar-refractivity contribution in [1.82, 2.24) is 0 Å². The maximum atomic E-state index is 13.7. The van der Waals surface area contributed by atoms with E-state index in [4.69, 9.17) is 0 Å². The minimum Gasteiger partial charge on any atom is -0.204 e. The highest BCUT2D eigenvalue weighted by Crippen LogP contribution is 2.25. The fourth-order valence-corrected chi connectivity index (χ4v) is 2.51. The quantitative estimate of drug-likeness (QED) is 0.536. The lowest BCUT2D eigenvalue weighted by atomic mass is 10.0. The summed E-state index contributed by atoms with van der Waals surface area (Å²) in [6.45, 7) is 2.21. The summed E-state index contributed by atoms with van der Waals surface area (Å²) >= 11 is 0. The van der Waals surface area contributed by atoms with Gasteiger partial charge in [-0.25, -0.2) is 8.78 Å². The predicted molar refractivity (Wildman–Crippen MR) is 84.3 cm³/mol. The van der Waals surface area contributed by atoms with Crippen LogP contribution < -0.4 is 0 Å². The van der Waals surface area contributed by atoms with Crippen LogP contribution in [0.3, 0.4) is 0 Å². The molecule has 0 amide bonds. The predicted octanol–water partition coefficient (Wildman–Crippen LogP) is 6.14. The van der Waals surface area contributed by atoms with Crippen molar-refractivity contribution in [2.24, 2.45) is 0 Å². The molecule has 2 aromatic carbocycles. The molecule has 0 spiro atoms. The van der Waals surface area contributed by atoms with Gasteiger partial charge < -0.3 is 0 Å². The lowest BCUT2D eigenvalue weighted by molar-refractivity contribution is 0.511. The zero-order chi connectivity index (χ0) is 15.1. The van der Waals surface area contributed by atoms with Crippen LogP contribution in [-0.4, -0.2) is 0 Å². The van der Waals surface area contributed by atoms with Crippen molar-refractivity contribution >= 4 is 0 Å². The van der Waals surface area contributed by atoms with E-state index in [1.807, 2.05) is 24.3 Å². The SMILES string of the molecule is CCCCCCCc1ccc(-c2cccc(F)c2F)cc1. The maximum absolute atomic E-state index is 13.7. The first kappa shape index (κ1) is 15.7. The normalized spacial score (nSPS) is 10.8. The van der Waals surface area contributed by atoms with Gasteiger partial charge in [-0.2, -0.15) is 0 Å². The summed E-state index contributed by atoms with van der Waals surface area (Å²) in [5.41, 5.74) is 2.30. The van der Waals surface area contributed by atoms with E-state index in [1.54, 1.807) is 6.07 Å². The van der Waals surface area contributed by atoms with Gasteiger partial charge in [0.1, 0.15) is 0 Å². The molecule has 0 bridgehead atoms. The van der Waals surface area contributed by atoms with Gasteiger partial charge in [0.25, 0.3) is 0 Å². The summed E-state index contributed by atoms with van der Waals surface area (Å²) < 4.78 is 27.0. The average molecular weight is 288 g/mol. The summed E-state index contributed by atoms with van der Waals surface area (Å²) in [5, 5.41) is 0. The molecule has 0 aliphatic rings. The Morgan fingerprint density at radius 1 is 0.810 bits per heavy atom. The largest absolute Gasteiger partial charge is 0.204 e.